The van der Waals surface area contributed by atoms with Gasteiger partial charge in [-0.2, -0.15) is 5.26 Å². The van der Waals surface area contributed by atoms with Crippen molar-refractivity contribution in [1.29, 1.82) is 5.26 Å². The van der Waals surface area contributed by atoms with E-state index in [2.05, 4.69) is 19.9 Å². The standard InChI is InChI=1S/C17H23NO2/c1-14(2)9-11-20-12-10-17(13-18,15(3)19)16-7-5-4-6-8-16/h4-8,14H,9-12H2,1-3H3. The monoisotopic (exact) mass is 273 g/mol. The maximum atomic E-state index is 12.0. The number of ketones is 1. The van der Waals surface area contributed by atoms with Crippen LogP contribution in [0, 0.1) is 17.2 Å². The highest BCUT2D eigenvalue weighted by atomic mass is 16.5. The van der Waals surface area contributed by atoms with Crippen LogP contribution < -0.4 is 0 Å². The van der Waals surface area contributed by atoms with Gasteiger partial charge in [-0.3, -0.25) is 4.79 Å². The van der Waals surface area contributed by atoms with Crippen LogP contribution in [0.2, 0.25) is 0 Å². The Morgan fingerprint density at radius 1 is 1.30 bits per heavy atom. The summed E-state index contributed by atoms with van der Waals surface area (Å²) < 4.78 is 5.57. The topological polar surface area (TPSA) is 50.1 Å². The van der Waals surface area contributed by atoms with Crippen LogP contribution in [-0.2, 0) is 14.9 Å². The molecule has 20 heavy (non-hydrogen) atoms. The van der Waals surface area contributed by atoms with Gasteiger partial charge in [0.1, 0.15) is 5.41 Å². The molecule has 0 aliphatic carbocycles. The third-order valence-electron chi connectivity index (χ3n) is 3.52. The molecule has 3 heteroatoms. The maximum absolute atomic E-state index is 12.0. The number of hydrogen-bond acceptors (Lipinski definition) is 3. The molecule has 1 rings (SSSR count). The molecule has 3 nitrogen and oxygen atoms in total. The summed E-state index contributed by atoms with van der Waals surface area (Å²) in [5, 5.41) is 9.52. The number of carbonyl (C=O) groups excluding carboxylic acids is 1. The van der Waals surface area contributed by atoms with Gasteiger partial charge in [0, 0.05) is 19.6 Å². The van der Waals surface area contributed by atoms with Crippen LogP contribution in [0.4, 0.5) is 0 Å². The average Bonchev–Trinajstić information content (AvgIpc) is 2.43. The van der Waals surface area contributed by atoms with Crippen LogP contribution in [0.3, 0.4) is 0 Å². The SMILES string of the molecule is CC(=O)C(C#N)(CCOCCC(C)C)c1ccccc1. The molecule has 1 aromatic rings. The summed E-state index contributed by atoms with van der Waals surface area (Å²) in [6.45, 7) is 6.86. The second-order valence-corrected chi connectivity index (χ2v) is 5.48. The number of rotatable bonds is 8. The molecule has 1 atom stereocenters. The fourth-order valence-corrected chi connectivity index (χ4v) is 2.09. The minimum absolute atomic E-state index is 0.126. The zero-order chi connectivity index (χ0) is 15.0. The molecular weight excluding hydrogens is 250 g/mol. The van der Waals surface area contributed by atoms with Crippen LogP contribution in [0.25, 0.3) is 0 Å². The first kappa shape index (κ1) is 16.4. The number of nitrogens with zero attached hydrogens (tertiary/aromatic N) is 1. The molecule has 0 fully saturated rings. The van der Waals surface area contributed by atoms with Crippen molar-refractivity contribution in [3.05, 3.63) is 35.9 Å². The summed E-state index contributed by atoms with van der Waals surface area (Å²) in [6, 6.07) is 11.4. The molecule has 0 bridgehead atoms. The van der Waals surface area contributed by atoms with E-state index in [-0.39, 0.29) is 5.78 Å². The number of Topliss-reactive ketones (excluding diaryl/α,β-unsaturated/α-hetero) is 1. The van der Waals surface area contributed by atoms with Gasteiger partial charge in [0.25, 0.3) is 0 Å². The van der Waals surface area contributed by atoms with Crippen molar-refractivity contribution < 1.29 is 9.53 Å². The van der Waals surface area contributed by atoms with Crippen LogP contribution >= 0.6 is 0 Å². The minimum atomic E-state index is -1.08. The molecule has 0 aromatic heterocycles. The number of nitriles is 1. The Balaban J connectivity index is 2.72. The molecule has 1 aromatic carbocycles. The molecule has 1 unspecified atom stereocenters. The van der Waals surface area contributed by atoms with Gasteiger partial charge in [0.2, 0.25) is 0 Å². The minimum Gasteiger partial charge on any atom is -0.381 e. The van der Waals surface area contributed by atoms with Crippen LogP contribution in [0.5, 0.6) is 0 Å². The van der Waals surface area contributed by atoms with Gasteiger partial charge in [0.05, 0.1) is 6.07 Å². The lowest BCUT2D eigenvalue weighted by Gasteiger charge is -2.24. The van der Waals surface area contributed by atoms with Crippen LogP contribution in [0.1, 0.15) is 39.2 Å². The number of hydrogen-bond donors (Lipinski definition) is 0. The molecule has 0 aliphatic heterocycles. The van der Waals surface area contributed by atoms with E-state index in [1.807, 2.05) is 30.3 Å². The van der Waals surface area contributed by atoms with Crippen LogP contribution in [0.15, 0.2) is 30.3 Å². The van der Waals surface area contributed by atoms with E-state index in [0.29, 0.717) is 25.6 Å². The molecular formula is C17H23NO2. The van der Waals surface area contributed by atoms with E-state index in [1.165, 1.54) is 6.92 Å². The van der Waals surface area contributed by atoms with Gasteiger partial charge in [0.15, 0.2) is 5.78 Å². The number of carbonyl (C=O) groups is 1. The highest BCUT2D eigenvalue weighted by Gasteiger charge is 2.37. The Bertz CT molecular complexity index is 462. The van der Waals surface area contributed by atoms with Crippen molar-refractivity contribution in [1.82, 2.24) is 0 Å². The van der Waals surface area contributed by atoms with E-state index < -0.39 is 5.41 Å². The first-order valence-electron chi connectivity index (χ1n) is 7.08. The zero-order valence-electron chi connectivity index (χ0n) is 12.6. The largest absolute Gasteiger partial charge is 0.381 e. The summed E-state index contributed by atoms with van der Waals surface area (Å²) in [7, 11) is 0. The van der Waals surface area contributed by atoms with Gasteiger partial charge in [-0.25, -0.2) is 0 Å². The van der Waals surface area contributed by atoms with Gasteiger partial charge >= 0.3 is 0 Å². The predicted molar refractivity (Wildman–Crippen MR) is 79.3 cm³/mol. The van der Waals surface area contributed by atoms with Crippen molar-refractivity contribution >= 4 is 5.78 Å². The Morgan fingerprint density at radius 3 is 2.45 bits per heavy atom. The van der Waals surface area contributed by atoms with Gasteiger partial charge in [-0.1, -0.05) is 44.2 Å². The van der Waals surface area contributed by atoms with Gasteiger partial charge < -0.3 is 4.74 Å². The molecule has 0 aliphatic rings. The lowest BCUT2D eigenvalue weighted by atomic mass is 9.76. The second kappa shape index (κ2) is 7.81. The molecule has 0 N–H and O–H groups in total. The third-order valence-corrected chi connectivity index (χ3v) is 3.52. The van der Waals surface area contributed by atoms with Crippen molar-refractivity contribution in [3.8, 4) is 6.07 Å². The van der Waals surface area contributed by atoms with E-state index in [0.717, 1.165) is 12.0 Å². The molecule has 0 radical (unpaired) electrons. The average molecular weight is 273 g/mol. The third kappa shape index (κ3) is 4.18. The summed E-state index contributed by atoms with van der Waals surface area (Å²) >= 11 is 0. The Kier molecular flexibility index (Phi) is 6.41. The molecule has 0 heterocycles. The number of ether oxygens (including phenoxy) is 1. The Hall–Kier alpha value is -1.66. The fourth-order valence-electron chi connectivity index (χ4n) is 2.09. The lowest BCUT2D eigenvalue weighted by Crippen LogP contribution is -2.34. The molecule has 0 saturated carbocycles. The van der Waals surface area contributed by atoms with Crippen molar-refractivity contribution in [2.45, 2.75) is 39.0 Å². The Labute approximate surface area is 121 Å². The van der Waals surface area contributed by atoms with Crippen LogP contribution in [-0.4, -0.2) is 19.0 Å². The lowest BCUT2D eigenvalue weighted by molar-refractivity contribution is -0.121. The fraction of sp³-hybridized carbons (Fsp3) is 0.529. The van der Waals surface area contributed by atoms with E-state index in [1.54, 1.807) is 0 Å². The number of benzene rings is 1. The summed E-state index contributed by atoms with van der Waals surface area (Å²) in [4.78, 5) is 12.0. The summed E-state index contributed by atoms with van der Waals surface area (Å²) in [5.74, 6) is 0.469. The second-order valence-electron chi connectivity index (χ2n) is 5.48. The zero-order valence-corrected chi connectivity index (χ0v) is 12.6. The van der Waals surface area contributed by atoms with E-state index >= 15 is 0 Å². The predicted octanol–water partition coefficient (Wildman–Crippen LogP) is 3.49. The quantitative estimate of drug-likeness (QED) is 0.681. The maximum Gasteiger partial charge on any atom is 0.154 e. The summed E-state index contributed by atoms with van der Waals surface area (Å²) in [5.41, 5.74) is -0.332. The molecule has 108 valence electrons. The smallest absolute Gasteiger partial charge is 0.154 e. The first-order chi connectivity index (χ1) is 9.53. The van der Waals surface area contributed by atoms with Crippen molar-refractivity contribution in [2.24, 2.45) is 5.92 Å². The van der Waals surface area contributed by atoms with Crippen molar-refractivity contribution in [2.75, 3.05) is 13.2 Å². The first-order valence-corrected chi connectivity index (χ1v) is 7.08. The Morgan fingerprint density at radius 2 is 1.95 bits per heavy atom. The molecule has 0 spiro atoms. The van der Waals surface area contributed by atoms with Gasteiger partial charge in [-0.15, -0.1) is 0 Å². The molecule has 0 amide bonds. The van der Waals surface area contributed by atoms with E-state index in [4.69, 9.17) is 4.74 Å². The van der Waals surface area contributed by atoms with Crippen molar-refractivity contribution in [3.63, 3.8) is 0 Å². The molecule has 0 saturated heterocycles. The highest BCUT2D eigenvalue weighted by molar-refractivity contribution is 5.91. The normalized spacial score (nSPS) is 13.8. The van der Waals surface area contributed by atoms with E-state index in [9.17, 15) is 10.1 Å². The van der Waals surface area contributed by atoms with Gasteiger partial charge in [-0.05, 0) is 24.8 Å². The highest BCUT2D eigenvalue weighted by Crippen LogP contribution is 2.28. The summed E-state index contributed by atoms with van der Waals surface area (Å²) in [6.07, 6.45) is 1.39.